The van der Waals surface area contributed by atoms with Crippen molar-refractivity contribution in [2.75, 3.05) is 0 Å². The van der Waals surface area contributed by atoms with Gasteiger partial charge in [-0.2, -0.15) is 0 Å². The average molecular weight is 422 g/mol. The van der Waals surface area contributed by atoms with Gasteiger partial charge < -0.3 is 10.2 Å². The molecule has 6 atom stereocenters. The van der Waals surface area contributed by atoms with Crippen molar-refractivity contribution in [3.05, 3.63) is 40.9 Å². The van der Waals surface area contributed by atoms with Crippen LogP contribution >= 0.6 is 11.3 Å². The van der Waals surface area contributed by atoms with Crippen LogP contribution in [0, 0.1) is 28.6 Å². The van der Waals surface area contributed by atoms with E-state index in [1.165, 1.54) is 36.3 Å². The van der Waals surface area contributed by atoms with Gasteiger partial charge in [-0.05, 0) is 103 Å². The fourth-order valence-corrected chi connectivity index (χ4v) is 8.87. The molecule has 2 N–H and O–H groups in total. The van der Waals surface area contributed by atoms with Crippen LogP contribution in [0.5, 0.6) is 5.75 Å². The first-order valence-electron chi connectivity index (χ1n) is 11.6. The number of phenolic OH excluding ortho intramolecular Hbond substituents is 1. The Morgan fingerprint density at radius 3 is 2.63 bits per heavy atom. The standard InChI is InChI=1S/C26H31NO2S/c1-25-14-12-21-23(30-24(27-21)15-3-5-16(28)6-4-15)20(25)8-7-17-18-9-10-22(29)26(18,2)13-11-19(17)25/h3-6,8,17-19,22,28-29H,7,9-14H2,1-2H3/t17-,18-,19-,22-,25+,26-/m0/s1. The molecule has 0 amide bonds. The molecular formula is C26H31NO2S. The second-order valence-electron chi connectivity index (χ2n) is 10.6. The van der Waals surface area contributed by atoms with Crippen LogP contribution in [0.15, 0.2) is 30.3 Å². The van der Waals surface area contributed by atoms with Gasteiger partial charge in [-0.1, -0.05) is 19.9 Å². The quantitative estimate of drug-likeness (QED) is 0.588. The zero-order valence-electron chi connectivity index (χ0n) is 17.9. The highest BCUT2D eigenvalue weighted by Crippen LogP contribution is 2.66. The molecule has 158 valence electrons. The van der Waals surface area contributed by atoms with Crippen LogP contribution in [-0.2, 0) is 6.42 Å². The Morgan fingerprint density at radius 1 is 1.03 bits per heavy atom. The molecule has 3 nitrogen and oxygen atoms in total. The van der Waals surface area contributed by atoms with Crippen molar-refractivity contribution in [1.82, 2.24) is 4.98 Å². The van der Waals surface area contributed by atoms with E-state index in [1.54, 1.807) is 17.7 Å². The third-order valence-electron chi connectivity index (χ3n) is 9.35. The predicted molar refractivity (Wildman–Crippen MR) is 121 cm³/mol. The van der Waals surface area contributed by atoms with Crippen LogP contribution in [0.1, 0.15) is 62.9 Å². The Kier molecular flexibility index (Phi) is 4.09. The molecule has 0 bridgehead atoms. The summed E-state index contributed by atoms with van der Waals surface area (Å²) in [6.07, 6.45) is 10.5. The summed E-state index contributed by atoms with van der Waals surface area (Å²) in [5.74, 6) is 2.43. The highest BCUT2D eigenvalue weighted by molar-refractivity contribution is 7.16. The smallest absolute Gasteiger partial charge is 0.124 e. The lowest BCUT2D eigenvalue weighted by molar-refractivity contribution is -0.0579. The molecule has 1 aromatic carbocycles. The van der Waals surface area contributed by atoms with Gasteiger partial charge in [0.05, 0.1) is 16.7 Å². The maximum atomic E-state index is 10.7. The van der Waals surface area contributed by atoms with Gasteiger partial charge in [0.1, 0.15) is 10.8 Å². The van der Waals surface area contributed by atoms with Gasteiger partial charge in [-0.25, -0.2) is 4.98 Å². The lowest BCUT2D eigenvalue weighted by atomic mass is 9.48. The maximum absolute atomic E-state index is 10.7. The Bertz CT molecular complexity index is 1020. The number of fused-ring (bicyclic) bond motifs is 7. The summed E-state index contributed by atoms with van der Waals surface area (Å²) in [5.41, 5.74) is 4.29. The number of aliphatic hydroxyl groups is 1. The first kappa shape index (κ1) is 19.1. The van der Waals surface area contributed by atoms with E-state index in [0.29, 0.717) is 11.7 Å². The summed E-state index contributed by atoms with van der Waals surface area (Å²) in [6, 6.07) is 7.44. The van der Waals surface area contributed by atoms with Gasteiger partial charge in [0.15, 0.2) is 0 Å². The van der Waals surface area contributed by atoms with E-state index >= 15 is 0 Å². The van der Waals surface area contributed by atoms with Crippen molar-refractivity contribution < 1.29 is 10.2 Å². The van der Waals surface area contributed by atoms with E-state index in [-0.39, 0.29) is 16.9 Å². The molecule has 4 aliphatic rings. The molecule has 0 saturated heterocycles. The molecule has 1 aromatic heterocycles. The molecule has 2 aromatic rings. The molecule has 30 heavy (non-hydrogen) atoms. The van der Waals surface area contributed by atoms with E-state index < -0.39 is 0 Å². The number of aromatic nitrogens is 1. The monoisotopic (exact) mass is 421 g/mol. The molecule has 0 spiro atoms. The number of rotatable bonds is 1. The predicted octanol–water partition coefficient (Wildman–Crippen LogP) is 6.06. The minimum absolute atomic E-state index is 0.103. The van der Waals surface area contributed by atoms with E-state index in [2.05, 4.69) is 19.9 Å². The molecule has 6 rings (SSSR count). The number of allylic oxidation sites excluding steroid dienone is 2. The van der Waals surface area contributed by atoms with E-state index in [0.717, 1.165) is 41.7 Å². The van der Waals surface area contributed by atoms with Crippen LogP contribution in [-0.4, -0.2) is 21.3 Å². The molecule has 0 unspecified atom stereocenters. The average Bonchev–Trinajstić information content (AvgIpc) is 3.29. The molecule has 0 aliphatic heterocycles. The largest absolute Gasteiger partial charge is 0.508 e. The normalized spacial score (nSPS) is 39.5. The third kappa shape index (κ3) is 2.50. The fraction of sp³-hybridized carbons (Fsp3) is 0.577. The number of aromatic hydroxyl groups is 1. The topological polar surface area (TPSA) is 53.4 Å². The van der Waals surface area contributed by atoms with Crippen molar-refractivity contribution in [1.29, 1.82) is 0 Å². The first-order valence-corrected chi connectivity index (χ1v) is 12.4. The summed E-state index contributed by atoms with van der Waals surface area (Å²) in [6.45, 7) is 4.88. The Morgan fingerprint density at radius 2 is 1.83 bits per heavy atom. The Balaban J connectivity index is 1.38. The SMILES string of the molecule is C[C@]12CC[C@H]3[C@@H](CC=C4c5sc(-c6ccc(O)cc6)nc5CC[C@@]43C)[C@@H]1CC[C@@H]2O. The van der Waals surface area contributed by atoms with E-state index in [4.69, 9.17) is 4.98 Å². The molecule has 2 saturated carbocycles. The second kappa shape index (κ2) is 6.43. The lowest BCUT2D eigenvalue weighted by Crippen LogP contribution is -2.50. The maximum Gasteiger partial charge on any atom is 0.124 e. The lowest BCUT2D eigenvalue weighted by Gasteiger charge is -2.56. The highest BCUT2D eigenvalue weighted by atomic mass is 32.1. The minimum atomic E-state index is -0.103. The summed E-state index contributed by atoms with van der Waals surface area (Å²) >= 11 is 1.84. The molecule has 1 heterocycles. The van der Waals surface area contributed by atoms with Crippen molar-refractivity contribution in [3.63, 3.8) is 0 Å². The number of thiazole rings is 1. The van der Waals surface area contributed by atoms with Crippen LogP contribution in [0.2, 0.25) is 0 Å². The minimum Gasteiger partial charge on any atom is -0.508 e. The Hall–Kier alpha value is -1.65. The molecule has 0 radical (unpaired) electrons. The van der Waals surface area contributed by atoms with Gasteiger partial charge >= 0.3 is 0 Å². The molecule has 4 heteroatoms. The second-order valence-corrected chi connectivity index (χ2v) is 11.6. The number of phenols is 1. The zero-order chi connectivity index (χ0) is 20.7. The third-order valence-corrected chi connectivity index (χ3v) is 10.5. The summed E-state index contributed by atoms with van der Waals surface area (Å²) in [5, 5.41) is 21.4. The van der Waals surface area contributed by atoms with Crippen LogP contribution in [0.3, 0.4) is 0 Å². The van der Waals surface area contributed by atoms with Crippen molar-refractivity contribution in [3.8, 4) is 16.3 Å². The summed E-state index contributed by atoms with van der Waals surface area (Å²) in [7, 11) is 0. The first-order chi connectivity index (χ1) is 14.4. The zero-order valence-corrected chi connectivity index (χ0v) is 18.7. The van der Waals surface area contributed by atoms with Crippen molar-refractivity contribution in [2.24, 2.45) is 28.6 Å². The Labute approximate surface area is 182 Å². The molecule has 4 aliphatic carbocycles. The summed E-state index contributed by atoms with van der Waals surface area (Å²) < 4.78 is 0. The number of nitrogens with zero attached hydrogens (tertiary/aromatic N) is 1. The molecule has 2 fully saturated rings. The number of benzene rings is 1. The number of hydrogen-bond donors (Lipinski definition) is 2. The highest BCUT2D eigenvalue weighted by Gasteiger charge is 2.58. The van der Waals surface area contributed by atoms with Crippen LogP contribution < -0.4 is 0 Å². The number of aryl methyl sites for hydroxylation is 1. The van der Waals surface area contributed by atoms with Crippen molar-refractivity contribution in [2.45, 2.75) is 64.9 Å². The van der Waals surface area contributed by atoms with Gasteiger partial charge in [0.25, 0.3) is 0 Å². The summed E-state index contributed by atoms with van der Waals surface area (Å²) in [4.78, 5) is 6.42. The van der Waals surface area contributed by atoms with Gasteiger partial charge in [-0.15, -0.1) is 11.3 Å². The van der Waals surface area contributed by atoms with Crippen LogP contribution in [0.25, 0.3) is 16.1 Å². The number of hydrogen-bond acceptors (Lipinski definition) is 4. The fourth-order valence-electron chi connectivity index (χ4n) is 7.58. The van der Waals surface area contributed by atoms with Crippen LogP contribution in [0.4, 0.5) is 0 Å². The van der Waals surface area contributed by atoms with E-state index in [9.17, 15) is 10.2 Å². The van der Waals surface area contributed by atoms with Gasteiger partial charge in [-0.3, -0.25) is 0 Å². The number of aliphatic hydroxyl groups excluding tert-OH is 1. The van der Waals surface area contributed by atoms with Gasteiger partial charge in [0.2, 0.25) is 0 Å². The van der Waals surface area contributed by atoms with Crippen molar-refractivity contribution >= 4 is 16.9 Å². The van der Waals surface area contributed by atoms with Gasteiger partial charge in [0, 0.05) is 5.56 Å². The molecular weight excluding hydrogens is 390 g/mol. The van der Waals surface area contributed by atoms with E-state index in [1.807, 2.05) is 23.5 Å².